The molecule has 0 radical (unpaired) electrons. The number of hydrogen-bond donors (Lipinski definition) is 6. The number of unbranched alkanes of at least 4 members (excludes halogenated alkanes) is 36. The minimum Gasteiger partial charge on any atom is -0.466 e. The van der Waals surface area contributed by atoms with Crippen molar-refractivity contribution in [2.45, 2.75) is 346 Å². The van der Waals surface area contributed by atoms with Crippen molar-refractivity contribution in [1.82, 2.24) is 5.32 Å². The number of aliphatic hydroxyl groups excluding tert-OH is 5. The molecule has 1 heterocycles. The van der Waals surface area contributed by atoms with E-state index in [0.29, 0.717) is 19.4 Å². The third-order valence-corrected chi connectivity index (χ3v) is 15.6. The molecule has 0 aromatic rings. The zero-order valence-corrected chi connectivity index (χ0v) is 51.5. The third-order valence-electron chi connectivity index (χ3n) is 15.6. The van der Waals surface area contributed by atoms with Gasteiger partial charge in [0.2, 0.25) is 5.91 Å². The van der Waals surface area contributed by atoms with Crippen LogP contribution in [0.1, 0.15) is 303 Å². The maximum Gasteiger partial charge on any atom is 0.305 e. The Morgan fingerprint density at radius 2 is 0.850 bits per heavy atom. The zero-order chi connectivity index (χ0) is 58.0. The van der Waals surface area contributed by atoms with Crippen molar-refractivity contribution in [3.05, 3.63) is 60.8 Å². The maximum absolute atomic E-state index is 13.0. The van der Waals surface area contributed by atoms with E-state index < -0.39 is 49.5 Å². The Labute approximate surface area is 490 Å². The van der Waals surface area contributed by atoms with E-state index in [1.54, 1.807) is 6.08 Å². The maximum atomic E-state index is 13.0. The Morgan fingerprint density at radius 3 is 1.31 bits per heavy atom. The van der Waals surface area contributed by atoms with Gasteiger partial charge in [0.25, 0.3) is 0 Å². The number of aliphatic hydroxyl groups is 5. The first-order valence-electron chi connectivity index (χ1n) is 33.6. The summed E-state index contributed by atoms with van der Waals surface area (Å²) in [7, 11) is 0. The quantitative estimate of drug-likeness (QED) is 0.0195. The number of carbonyl (C=O) groups is 2. The Hall–Kier alpha value is -2.64. The lowest BCUT2D eigenvalue weighted by Crippen LogP contribution is -2.60. The molecular weight excluding hydrogens is 1000 g/mol. The summed E-state index contributed by atoms with van der Waals surface area (Å²) in [6, 6.07) is -0.831. The predicted molar refractivity (Wildman–Crippen MR) is 333 cm³/mol. The fourth-order valence-electron chi connectivity index (χ4n) is 10.2. The van der Waals surface area contributed by atoms with E-state index >= 15 is 0 Å². The van der Waals surface area contributed by atoms with Crippen molar-refractivity contribution in [2.75, 3.05) is 19.8 Å². The number of nitrogens with one attached hydrogen (secondary N) is 1. The predicted octanol–water partition coefficient (Wildman–Crippen LogP) is 16.6. The summed E-state index contributed by atoms with van der Waals surface area (Å²) in [5.74, 6) is -0.203. The summed E-state index contributed by atoms with van der Waals surface area (Å²) in [5.41, 5.74) is 0. The second-order valence-electron chi connectivity index (χ2n) is 23.2. The molecule has 7 atom stereocenters. The number of esters is 1. The molecule has 0 saturated carbocycles. The van der Waals surface area contributed by atoms with Gasteiger partial charge in [-0.1, -0.05) is 248 Å². The van der Waals surface area contributed by atoms with E-state index in [9.17, 15) is 35.1 Å². The van der Waals surface area contributed by atoms with Gasteiger partial charge in [0.1, 0.15) is 24.4 Å². The molecule has 1 amide bonds. The van der Waals surface area contributed by atoms with Crippen LogP contribution in [0.25, 0.3) is 0 Å². The fraction of sp³-hybridized carbons (Fsp3) is 0.826. The van der Waals surface area contributed by atoms with Gasteiger partial charge in [-0.15, -0.1) is 0 Å². The molecule has 0 spiro atoms. The average molecular weight is 1130 g/mol. The molecule has 1 aliphatic rings. The van der Waals surface area contributed by atoms with E-state index in [2.05, 4.69) is 67.8 Å². The SMILES string of the molecule is CCCCC/C=C\C/C=C\CCCCCCCCCCCC(=O)OCCCCCCCCCCCCCC/C=C\CCCCCCCCCCC(=O)NC(COC1OC(CO)C(O)C(O)C1O)C(O)/C=C/CC/C=C/CCCCC. The van der Waals surface area contributed by atoms with Crippen molar-refractivity contribution >= 4 is 11.9 Å². The van der Waals surface area contributed by atoms with Crippen molar-refractivity contribution in [2.24, 2.45) is 0 Å². The first kappa shape index (κ1) is 75.4. The molecule has 11 heteroatoms. The summed E-state index contributed by atoms with van der Waals surface area (Å²) in [6.45, 7) is 4.25. The molecule has 0 bridgehead atoms. The van der Waals surface area contributed by atoms with Crippen LogP contribution in [0.5, 0.6) is 0 Å². The monoisotopic (exact) mass is 1130 g/mol. The molecule has 0 aromatic carbocycles. The average Bonchev–Trinajstić information content (AvgIpc) is 3.45. The highest BCUT2D eigenvalue weighted by atomic mass is 16.7. The summed E-state index contributed by atoms with van der Waals surface area (Å²) in [5, 5.41) is 54.2. The molecule has 7 unspecified atom stereocenters. The lowest BCUT2D eigenvalue weighted by Gasteiger charge is -2.40. The van der Waals surface area contributed by atoms with Gasteiger partial charge in [0.05, 0.1) is 32.0 Å². The zero-order valence-electron chi connectivity index (χ0n) is 51.5. The topological polar surface area (TPSA) is 175 Å². The number of hydrogen-bond acceptors (Lipinski definition) is 10. The highest BCUT2D eigenvalue weighted by Crippen LogP contribution is 2.23. The molecule has 0 aromatic heterocycles. The van der Waals surface area contributed by atoms with E-state index in [-0.39, 0.29) is 18.5 Å². The van der Waals surface area contributed by atoms with Crippen LogP contribution in [0.2, 0.25) is 0 Å². The minimum absolute atomic E-state index is 0.00327. The smallest absolute Gasteiger partial charge is 0.305 e. The molecule has 1 fully saturated rings. The van der Waals surface area contributed by atoms with Crippen molar-refractivity contribution in [3.63, 3.8) is 0 Å². The summed E-state index contributed by atoms with van der Waals surface area (Å²) in [4.78, 5) is 25.1. The number of allylic oxidation sites excluding steroid dienone is 9. The molecule has 6 N–H and O–H groups in total. The molecule has 466 valence electrons. The van der Waals surface area contributed by atoms with E-state index in [0.717, 1.165) is 77.0 Å². The molecular formula is C69H125NO10. The van der Waals surface area contributed by atoms with Crippen molar-refractivity contribution in [1.29, 1.82) is 0 Å². The van der Waals surface area contributed by atoms with Gasteiger partial charge < -0.3 is 45.1 Å². The van der Waals surface area contributed by atoms with Crippen LogP contribution in [0.15, 0.2) is 60.8 Å². The van der Waals surface area contributed by atoms with Gasteiger partial charge in [0, 0.05) is 12.8 Å². The van der Waals surface area contributed by atoms with Gasteiger partial charge in [0.15, 0.2) is 6.29 Å². The number of amides is 1. The second-order valence-corrected chi connectivity index (χ2v) is 23.2. The molecule has 80 heavy (non-hydrogen) atoms. The largest absolute Gasteiger partial charge is 0.466 e. The summed E-state index contributed by atoms with van der Waals surface area (Å²) in [6.07, 6.45) is 66.4. The lowest BCUT2D eigenvalue weighted by atomic mass is 9.99. The number of rotatable bonds is 58. The van der Waals surface area contributed by atoms with Crippen LogP contribution in [0.3, 0.4) is 0 Å². The molecule has 1 aliphatic heterocycles. The van der Waals surface area contributed by atoms with Gasteiger partial charge >= 0.3 is 5.97 Å². The van der Waals surface area contributed by atoms with Crippen LogP contribution in [-0.4, -0.2) is 100 Å². The Kier molecular flexibility index (Phi) is 54.8. The summed E-state index contributed by atoms with van der Waals surface area (Å²) >= 11 is 0. The van der Waals surface area contributed by atoms with Crippen LogP contribution < -0.4 is 5.32 Å². The summed E-state index contributed by atoms with van der Waals surface area (Å²) < 4.78 is 16.7. The van der Waals surface area contributed by atoms with E-state index in [1.165, 1.54) is 199 Å². The van der Waals surface area contributed by atoms with Crippen molar-refractivity contribution in [3.8, 4) is 0 Å². The molecule has 11 nitrogen and oxygen atoms in total. The second kappa shape index (κ2) is 58.1. The van der Waals surface area contributed by atoms with Gasteiger partial charge in [-0.25, -0.2) is 0 Å². The van der Waals surface area contributed by atoms with Crippen molar-refractivity contribution < 1.29 is 49.3 Å². The Balaban J connectivity index is 1.95. The molecule has 1 saturated heterocycles. The highest BCUT2D eigenvalue weighted by molar-refractivity contribution is 5.76. The number of ether oxygens (including phenoxy) is 3. The lowest BCUT2D eigenvalue weighted by molar-refractivity contribution is -0.302. The molecule has 0 aliphatic carbocycles. The first-order chi connectivity index (χ1) is 39.2. The van der Waals surface area contributed by atoms with Crippen LogP contribution in [0.4, 0.5) is 0 Å². The van der Waals surface area contributed by atoms with Gasteiger partial charge in [-0.3, -0.25) is 9.59 Å². The third kappa shape index (κ3) is 46.8. The first-order valence-corrected chi connectivity index (χ1v) is 33.6. The Morgan fingerprint density at radius 1 is 0.463 bits per heavy atom. The number of carbonyl (C=O) groups excluding carboxylic acids is 2. The Bertz CT molecular complexity index is 1510. The van der Waals surface area contributed by atoms with Gasteiger partial charge in [-0.05, 0) is 103 Å². The normalized spacial score (nSPS) is 18.7. The van der Waals surface area contributed by atoms with Crippen LogP contribution in [-0.2, 0) is 23.8 Å². The minimum atomic E-state index is -1.58. The van der Waals surface area contributed by atoms with Gasteiger partial charge in [-0.2, -0.15) is 0 Å². The standard InChI is InChI=1S/C69H125NO10/c1-3-5-7-9-11-13-14-15-16-17-24-28-31-34-37-41-45-49-53-57-65(74)78-58-54-50-46-42-38-35-32-29-26-23-21-19-18-20-22-25-27-30-33-36-40-44-48-52-56-64(73)70-61(62(72)55-51-47-43-39-12-10-8-6-4-2)60-79-69-68(77)67(76)66(75)63(59-71)80-69/h11-13,15-16,20,22,39,51,55,61-63,66-69,71-72,75-77H,3-10,14,17-19,21,23-38,40-50,52-54,56-60H2,1-2H3,(H,70,73)/b13-11-,16-15-,22-20-,39-12+,55-51+. The highest BCUT2D eigenvalue weighted by Gasteiger charge is 2.44. The van der Waals surface area contributed by atoms with E-state index in [1.807, 2.05) is 6.08 Å². The van der Waals surface area contributed by atoms with E-state index in [4.69, 9.17) is 14.2 Å². The fourth-order valence-corrected chi connectivity index (χ4v) is 10.2. The molecule has 1 rings (SSSR count). The van der Waals surface area contributed by atoms with Crippen LogP contribution in [0, 0.1) is 0 Å². The van der Waals surface area contributed by atoms with Crippen LogP contribution >= 0.6 is 0 Å².